The second-order valence-corrected chi connectivity index (χ2v) is 2.10. The van der Waals surface area contributed by atoms with Crippen LogP contribution in [0.1, 0.15) is 12.7 Å². The normalized spacial score (nSPS) is 9.80. The average Bonchev–Trinajstić information content (AvgIpc) is 1.88. The van der Waals surface area contributed by atoms with E-state index in [1.165, 1.54) is 6.07 Å². The van der Waals surface area contributed by atoms with Crippen LogP contribution in [0.25, 0.3) is 0 Å². The van der Waals surface area contributed by atoms with Crippen molar-refractivity contribution in [2.24, 2.45) is 0 Å². The highest BCUT2D eigenvalue weighted by atomic mass is 16.1. The van der Waals surface area contributed by atoms with Crippen molar-refractivity contribution in [3.63, 3.8) is 0 Å². The zero-order valence-corrected chi connectivity index (χ0v) is 6.16. The molecule has 0 spiro atoms. The Balaban J connectivity index is 3.19. The van der Waals surface area contributed by atoms with Gasteiger partial charge in [-0.15, -0.1) is 0 Å². The molecule has 0 radical (unpaired) electrons. The minimum atomic E-state index is -0.165. The van der Waals surface area contributed by atoms with Crippen molar-refractivity contribution in [1.29, 1.82) is 0 Å². The zero-order chi connectivity index (χ0) is 7.56. The molecule has 0 fully saturated rings. The van der Waals surface area contributed by atoms with Crippen LogP contribution >= 0.6 is 0 Å². The van der Waals surface area contributed by atoms with Gasteiger partial charge >= 0.3 is 0 Å². The van der Waals surface area contributed by atoms with Gasteiger partial charge in [-0.25, -0.2) is 0 Å². The summed E-state index contributed by atoms with van der Waals surface area (Å²) in [7, 11) is 0. The third-order valence-corrected chi connectivity index (χ3v) is 1.43. The third-order valence-electron chi connectivity index (χ3n) is 1.43. The molecule has 1 aromatic heterocycles. The predicted octanol–water partition coefficient (Wildman–Crippen LogP) is 0.572. The smallest absolute Gasteiger partial charge is 0.272 e. The molecular weight excluding hydrogens is 128 g/mol. The Kier molecular flexibility index (Phi) is 1.85. The molecule has 0 atom stereocenters. The summed E-state index contributed by atoms with van der Waals surface area (Å²) in [6.45, 7) is 4.70. The lowest BCUT2D eigenvalue weighted by molar-refractivity contribution is 0.695. The van der Waals surface area contributed by atoms with Crippen molar-refractivity contribution in [3.05, 3.63) is 28.4 Å². The van der Waals surface area contributed by atoms with Crippen LogP contribution in [0.4, 0.5) is 0 Å². The van der Waals surface area contributed by atoms with E-state index in [1.807, 2.05) is 18.4 Å². The number of aryl methyl sites for hydroxylation is 2. The SMILES string of the molecule is CCn1ccc(=O)nc1C. The first-order valence-electron chi connectivity index (χ1n) is 3.28. The summed E-state index contributed by atoms with van der Waals surface area (Å²) in [5.41, 5.74) is -0.165. The highest BCUT2D eigenvalue weighted by Crippen LogP contribution is 1.88. The summed E-state index contributed by atoms with van der Waals surface area (Å²) in [6.07, 6.45) is 1.75. The van der Waals surface area contributed by atoms with Crippen LogP contribution in [-0.4, -0.2) is 9.55 Å². The van der Waals surface area contributed by atoms with Crippen molar-refractivity contribution < 1.29 is 0 Å². The maximum absolute atomic E-state index is 10.6. The monoisotopic (exact) mass is 138 g/mol. The van der Waals surface area contributed by atoms with Gasteiger partial charge in [-0.3, -0.25) is 4.79 Å². The zero-order valence-electron chi connectivity index (χ0n) is 6.16. The molecule has 0 aromatic carbocycles. The van der Waals surface area contributed by atoms with Crippen LogP contribution < -0.4 is 5.56 Å². The maximum atomic E-state index is 10.6. The number of rotatable bonds is 1. The largest absolute Gasteiger partial charge is 0.337 e. The lowest BCUT2D eigenvalue weighted by Gasteiger charge is -2.03. The van der Waals surface area contributed by atoms with E-state index >= 15 is 0 Å². The molecule has 1 aromatic rings. The van der Waals surface area contributed by atoms with E-state index in [2.05, 4.69) is 4.98 Å². The van der Waals surface area contributed by atoms with Crippen LogP contribution in [0.3, 0.4) is 0 Å². The van der Waals surface area contributed by atoms with Crippen molar-refractivity contribution in [3.8, 4) is 0 Å². The highest BCUT2D eigenvalue weighted by Gasteiger charge is 1.91. The van der Waals surface area contributed by atoms with Crippen LogP contribution in [-0.2, 0) is 6.54 Å². The van der Waals surface area contributed by atoms with Gasteiger partial charge in [0.2, 0.25) is 0 Å². The molecule has 54 valence electrons. The third kappa shape index (κ3) is 1.23. The number of hydrogen-bond donors (Lipinski definition) is 0. The summed E-state index contributed by atoms with van der Waals surface area (Å²) in [5.74, 6) is 0.773. The Morgan fingerprint density at radius 2 is 2.40 bits per heavy atom. The Bertz CT molecular complexity index is 277. The van der Waals surface area contributed by atoms with Gasteiger partial charge in [-0.1, -0.05) is 0 Å². The van der Waals surface area contributed by atoms with Crippen LogP contribution in [0.15, 0.2) is 17.1 Å². The van der Waals surface area contributed by atoms with Crippen molar-refractivity contribution in [2.45, 2.75) is 20.4 Å². The molecule has 0 saturated heterocycles. The fraction of sp³-hybridized carbons (Fsp3) is 0.429. The number of aromatic nitrogens is 2. The Morgan fingerprint density at radius 3 is 2.90 bits per heavy atom. The predicted molar refractivity (Wildman–Crippen MR) is 38.9 cm³/mol. The van der Waals surface area contributed by atoms with Gasteiger partial charge in [0.1, 0.15) is 5.82 Å². The molecule has 0 aliphatic carbocycles. The van der Waals surface area contributed by atoms with Crippen LogP contribution in [0.2, 0.25) is 0 Å². The summed E-state index contributed by atoms with van der Waals surface area (Å²) in [6, 6.07) is 1.47. The fourth-order valence-electron chi connectivity index (χ4n) is 0.857. The van der Waals surface area contributed by atoms with E-state index in [-0.39, 0.29) is 5.56 Å². The van der Waals surface area contributed by atoms with Crippen LogP contribution in [0.5, 0.6) is 0 Å². The summed E-state index contributed by atoms with van der Waals surface area (Å²) < 4.78 is 1.92. The lowest BCUT2D eigenvalue weighted by Crippen LogP contribution is -2.12. The molecule has 1 rings (SSSR count). The van der Waals surface area contributed by atoms with E-state index in [9.17, 15) is 4.79 Å². The minimum Gasteiger partial charge on any atom is -0.337 e. The van der Waals surface area contributed by atoms with E-state index in [0.29, 0.717) is 0 Å². The lowest BCUT2D eigenvalue weighted by atomic mass is 10.5. The molecule has 0 N–H and O–H groups in total. The van der Waals surface area contributed by atoms with Gasteiger partial charge in [0.25, 0.3) is 5.56 Å². The van der Waals surface area contributed by atoms with E-state index in [1.54, 1.807) is 6.20 Å². The maximum Gasteiger partial charge on any atom is 0.272 e. The van der Waals surface area contributed by atoms with Crippen LogP contribution in [0, 0.1) is 6.92 Å². The highest BCUT2D eigenvalue weighted by molar-refractivity contribution is 4.90. The molecule has 0 saturated carbocycles. The second-order valence-electron chi connectivity index (χ2n) is 2.10. The molecule has 3 heteroatoms. The quantitative estimate of drug-likeness (QED) is 0.568. The van der Waals surface area contributed by atoms with Crippen molar-refractivity contribution in [2.75, 3.05) is 0 Å². The molecule has 10 heavy (non-hydrogen) atoms. The summed E-state index contributed by atoms with van der Waals surface area (Å²) in [4.78, 5) is 14.4. The van der Waals surface area contributed by atoms with E-state index in [0.717, 1.165) is 12.4 Å². The van der Waals surface area contributed by atoms with Gasteiger partial charge in [0.05, 0.1) is 0 Å². The summed E-state index contributed by atoms with van der Waals surface area (Å²) in [5, 5.41) is 0. The molecule has 3 nitrogen and oxygen atoms in total. The fourth-order valence-corrected chi connectivity index (χ4v) is 0.857. The van der Waals surface area contributed by atoms with Gasteiger partial charge in [0.15, 0.2) is 0 Å². The summed E-state index contributed by atoms with van der Waals surface area (Å²) >= 11 is 0. The average molecular weight is 138 g/mol. The molecule has 0 bridgehead atoms. The molecule has 0 amide bonds. The first-order chi connectivity index (χ1) is 4.74. The molecule has 0 aliphatic rings. The molecule has 0 unspecified atom stereocenters. The molecule has 0 aliphatic heterocycles. The number of nitrogens with zero attached hydrogens (tertiary/aromatic N) is 2. The molecular formula is C7H10N2O. The first kappa shape index (κ1) is 6.99. The Labute approximate surface area is 59.3 Å². The number of hydrogen-bond acceptors (Lipinski definition) is 2. The Morgan fingerprint density at radius 1 is 1.70 bits per heavy atom. The topological polar surface area (TPSA) is 34.9 Å². The van der Waals surface area contributed by atoms with Gasteiger partial charge in [-0.2, -0.15) is 4.98 Å². The van der Waals surface area contributed by atoms with E-state index in [4.69, 9.17) is 0 Å². The minimum absolute atomic E-state index is 0.165. The van der Waals surface area contributed by atoms with Gasteiger partial charge in [-0.05, 0) is 13.8 Å². The van der Waals surface area contributed by atoms with E-state index < -0.39 is 0 Å². The molecule has 1 heterocycles. The van der Waals surface area contributed by atoms with Gasteiger partial charge < -0.3 is 4.57 Å². The second kappa shape index (κ2) is 2.64. The van der Waals surface area contributed by atoms with Crippen molar-refractivity contribution >= 4 is 0 Å². The standard InChI is InChI=1S/C7H10N2O/c1-3-9-5-4-7(10)8-6(9)2/h4-5H,3H2,1-2H3. The first-order valence-corrected chi connectivity index (χ1v) is 3.28. The van der Waals surface area contributed by atoms with Crippen molar-refractivity contribution in [1.82, 2.24) is 9.55 Å². The Hall–Kier alpha value is -1.12. The van der Waals surface area contributed by atoms with Gasteiger partial charge in [0, 0.05) is 18.8 Å².